The lowest BCUT2D eigenvalue weighted by atomic mass is 9.68. The van der Waals surface area contributed by atoms with Crippen molar-refractivity contribution in [2.75, 3.05) is 10.6 Å². The number of rotatable bonds is 1. The van der Waals surface area contributed by atoms with Gasteiger partial charge in [0.05, 0.1) is 11.3 Å². The molecule has 2 aromatic carbocycles. The molecule has 4 heterocycles. The van der Waals surface area contributed by atoms with E-state index in [0.717, 1.165) is 10.0 Å². The zero-order valence-electron chi connectivity index (χ0n) is 16.6. The number of hydrogen-bond acceptors (Lipinski definition) is 5. The second-order valence-electron chi connectivity index (χ2n) is 7.75. The van der Waals surface area contributed by atoms with Crippen molar-refractivity contribution in [2.24, 2.45) is 7.05 Å². The fraction of sp³-hybridized carbons (Fsp3) is 0.0909. The van der Waals surface area contributed by atoms with Gasteiger partial charge < -0.3 is 10.6 Å². The van der Waals surface area contributed by atoms with Crippen molar-refractivity contribution in [1.29, 1.82) is 0 Å². The molecule has 0 fully saturated rings. The van der Waals surface area contributed by atoms with Crippen molar-refractivity contribution in [1.82, 2.24) is 19.7 Å². The standard InChI is InChI=1S/C22H15BrN6O3/c1-29-18-15(19(30)26-21(29)32)22(12-9-11(23)7-8-13(12)24-20(22)31)14-16(27-28-17(14)25-18)10-5-3-2-4-6-10/h2-9H,1H3,(H,24,31)(H2,25,27,28)(H,26,30,32). The number of benzene rings is 2. The Hall–Kier alpha value is -3.92. The average Bonchev–Trinajstić information content (AvgIpc) is 3.33. The molecule has 1 atom stereocenters. The summed E-state index contributed by atoms with van der Waals surface area (Å²) in [5, 5.41) is 13.5. The maximum atomic E-state index is 13.8. The second-order valence-corrected chi connectivity index (χ2v) is 8.66. The number of nitrogens with zero attached hydrogens (tertiary/aromatic N) is 2. The summed E-state index contributed by atoms with van der Waals surface area (Å²) in [6.07, 6.45) is 0. The minimum Gasteiger partial charge on any atom is -0.324 e. The van der Waals surface area contributed by atoms with Gasteiger partial charge >= 0.3 is 5.69 Å². The lowest BCUT2D eigenvalue weighted by molar-refractivity contribution is -0.118. The van der Waals surface area contributed by atoms with Crippen LogP contribution in [0.2, 0.25) is 0 Å². The first-order valence-corrected chi connectivity index (χ1v) is 10.6. The number of fused-ring (bicyclic) bond motifs is 6. The highest BCUT2D eigenvalue weighted by Crippen LogP contribution is 2.55. The molecule has 4 N–H and O–H groups in total. The van der Waals surface area contributed by atoms with Crippen molar-refractivity contribution >= 4 is 39.2 Å². The summed E-state index contributed by atoms with van der Waals surface area (Å²) < 4.78 is 2.03. The van der Waals surface area contributed by atoms with Crippen LogP contribution in [0.25, 0.3) is 11.3 Å². The molecule has 1 amide bonds. The van der Waals surface area contributed by atoms with Gasteiger partial charge in [0.15, 0.2) is 5.82 Å². The van der Waals surface area contributed by atoms with Crippen LogP contribution in [0.4, 0.5) is 17.3 Å². The van der Waals surface area contributed by atoms with Crippen molar-refractivity contribution in [3.8, 4) is 11.3 Å². The van der Waals surface area contributed by atoms with Crippen LogP contribution in [0.15, 0.2) is 62.6 Å². The van der Waals surface area contributed by atoms with E-state index in [0.29, 0.717) is 28.3 Å². The molecule has 2 aliphatic rings. The molecule has 6 rings (SSSR count). The average molecular weight is 491 g/mol. The molecule has 0 bridgehead atoms. The van der Waals surface area contributed by atoms with Gasteiger partial charge in [0.1, 0.15) is 11.2 Å². The number of nitrogens with one attached hydrogen (secondary N) is 4. The Balaban J connectivity index is 1.83. The van der Waals surface area contributed by atoms with Crippen LogP contribution in [-0.2, 0) is 17.3 Å². The number of halogens is 1. The molecule has 10 heteroatoms. The Kier molecular flexibility index (Phi) is 3.70. The summed E-state index contributed by atoms with van der Waals surface area (Å²) in [5.41, 5.74) is 0.518. The van der Waals surface area contributed by atoms with Gasteiger partial charge in [0.2, 0.25) is 5.91 Å². The third kappa shape index (κ3) is 2.21. The number of amides is 1. The first-order valence-electron chi connectivity index (χ1n) is 9.79. The predicted molar refractivity (Wildman–Crippen MR) is 122 cm³/mol. The lowest BCUT2D eigenvalue weighted by Crippen LogP contribution is -2.48. The molecule has 0 radical (unpaired) electrons. The molecule has 2 aliphatic heterocycles. The van der Waals surface area contributed by atoms with Gasteiger partial charge in [0, 0.05) is 28.3 Å². The van der Waals surface area contributed by atoms with Gasteiger partial charge in [-0.2, -0.15) is 5.10 Å². The number of aromatic amines is 2. The predicted octanol–water partition coefficient (Wildman–Crippen LogP) is 2.57. The van der Waals surface area contributed by atoms with E-state index in [1.54, 1.807) is 6.07 Å². The van der Waals surface area contributed by atoms with E-state index in [1.807, 2.05) is 42.5 Å². The van der Waals surface area contributed by atoms with Crippen molar-refractivity contribution in [3.63, 3.8) is 0 Å². The third-order valence-electron chi connectivity index (χ3n) is 6.11. The van der Waals surface area contributed by atoms with Gasteiger partial charge in [-0.15, -0.1) is 0 Å². The second kappa shape index (κ2) is 6.30. The lowest BCUT2D eigenvalue weighted by Gasteiger charge is -2.34. The highest BCUT2D eigenvalue weighted by Gasteiger charge is 2.58. The Morgan fingerprint density at radius 1 is 1.00 bits per heavy atom. The normalized spacial score (nSPS) is 18.0. The number of carbonyl (C=O) groups is 1. The smallest absolute Gasteiger partial charge is 0.324 e. The monoisotopic (exact) mass is 490 g/mol. The summed E-state index contributed by atoms with van der Waals surface area (Å²) in [5.74, 6) is 0.206. The first kappa shape index (κ1) is 18.8. The molecule has 2 aromatic heterocycles. The molecular weight excluding hydrogens is 476 g/mol. The molecule has 4 aromatic rings. The van der Waals surface area contributed by atoms with Crippen LogP contribution in [0.1, 0.15) is 16.7 Å². The van der Waals surface area contributed by atoms with Crippen LogP contribution in [0, 0.1) is 0 Å². The number of aromatic nitrogens is 4. The molecule has 0 saturated heterocycles. The zero-order valence-corrected chi connectivity index (χ0v) is 18.2. The molecule has 9 nitrogen and oxygen atoms in total. The van der Waals surface area contributed by atoms with Gasteiger partial charge in [-0.25, -0.2) is 4.79 Å². The Morgan fingerprint density at radius 3 is 2.56 bits per heavy atom. The fourth-order valence-electron chi connectivity index (χ4n) is 4.73. The fourth-order valence-corrected chi connectivity index (χ4v) is 5.09. The highest BCUT2D eigenvalue weighted by molar-refractivity contribution is 9.10. The Bertz CT molecular complexity index is 1570. The quantitative estimate of drug-likeness (QED) is 0.326. The Labute approximate surface area is 188 Å². The molecule has 158 valence electrons. The van der Waals surface area contributed by atoms with Crippen LogP contribution in [0.3, 0.4) is 0 Å². The van der Waals surface area contributed by atoms with E-state index in [-0.39, 0.29) is 11.4 Å². The summed E-state index contributed by atoms with van der Waals surface area (Å²) in [4.78, 5) is 41.8. The summed E-state index contributed by atoms with van der Waals surface area (Å²) >= 11 is 3.49. The largest absolute Gasteiger partial charge is 0.329 e. The minimum absolute atomic E-state index is 0.139. The van der Waals surface area contributed by atoms with E-state index in [4.69, 9.17) is 0 Å². The zero-order chi connectivity index (χ0) is 22.2. The maximum Gasteiger partial charge on any atom is 0.329 e. The van der Waals surface area contributed by atoms with Gasteiger partial charge in [0.25, 0.3) is 5.56 Å². The number of hydrogen-bond donors (Lipinski definition) is 4. The van der Waals surface area contributed by atoms with E-state index in [9.17, 15) is 14.4 Å². The molecule has 0 aliphatic carbocycles. The van der Waals surface area contributed by atoms with Gasteiger partial charge in [-0.3, -0.25) is 24.2 Å². The van der Waals surface area contributed by atoms with Crippen molar-refractivity contribution < 1.29 is 4.79 Å². The third-order valence-corrected chi connectivity index (χ3v) is 6.61. The highest BCUT2D eigenvalue weighted by atomic mass is 79.9. The van der Waals surface area contributed by atoms with E-state index in [1.165, 1.54) is 11.6 Å². The van der Waals surface area contributed by atoms with E-state index < -0.39 is 22.6 Å². The topological polar surface area (TPSA) is 125 Å². The molecule has 32 heavy (non-hydrogen) atoms. The SMILES string of the molecule is Cn1c2c(c(=O)[nH]c1=O)C1(C(=O)Nc3ccc(Br)cc31)c1c(n[nH]c1-c1ccccc1)N2. The molecule has 1 unspecified atom stereocenters. The van der Waals surface area contributed by atoms with Crippen molar-refractivity contribution in [3.05, 3.63) is 90.5 Å². The van der Waals surface area contributed by atoms with E-state index in [2.05, 4.69) is 41.7 Å². The van der Waals surface area contributed by atoms with Gasteiger partial charge in [-0.1, -0.05) is 46.3 Å². The summed E-state index contributed by atoms with van der Waals surface area (Å²) in [6.45, 7) is 0. The first-order chi connectivity index (χ1) is 15.4. The molecular formula is C22H15BrN6O3. The number of anilines is 3. The number of carbonyl (C=O) groups excluding carboxylic acids is 1. The van der Waals surface area contributed by atoms with Gasteiger partial charge in [-0.05, 0) is 23.8 Å². The molecule has 0 saturated carbocycles. The van der Waals surface area contributed by atoms with Crippen LogP contribution in [-0.4, -0.2) is 25.7 Å². The van der Waals surface area contributed by atoms with Crippen LogP contribution >= 0.6 is 15.9 Å². The van der Waals surface area contributed by atoms with Crippen LogP contribution < -0.4 is 21.9 Å². The van der Waals surface area contributed by atoms with Crippen LogP contribution in [0.5, 0.6) is 0 Å². The van der Waals surface area contributed by atoms with E-state index >= 15 is 0 Å². The molecule has 1 spiro atoms. The summed E-state index contributed by atoms with van der Waals surface area (Å²) in [6, 6.07) is 14.9. The summed E-state index contributed by atoms with van der Waals surface area (Å²) in [7, 11) is 1.53. The maximum absolute atomic E-state index is 13.8. The van der Waals surface area contributed by atoms with Crippen molar-refractivity contribution in [2.45, 2.75) is 5.41 Å². The Morgan fingerprint density at radius 2 is 1.78 bits per heavy atom. The number of H-pyrrole nitrogens is 2. The minimum atomic E-state index is -1.52.